The molecule has 1 amide bonds. The van der Waals surface area contributed by atoms with E-state index in [-0.39, 0.29) is 23.7 Å². The van der Waals surface area contributed by atoms with E-state index in [0.717, 1.165) is 25.2 Å². The first-order chi connectivity index (χ1) is 13.5. The Morgan fingerprint density at radius 1 is 1.14 bits per heavy atom. The van der Waals surface area contributed by atoms with Crippen LogP contribution in [-0.4, -0.2) is 44.0 Å². The van der Waals surface area contributed by atoms with Crippen LogP contribution in [0.15, 0.2) is 53.4 Å². The summed E-state index contributed by atoms with van der Waals surface area (Å²) in [5, 5.41) is 3.08. The van der Waals surface area contributed by atoms with Gasteiger partial charge < -0.3 is 15.0 Å². The number of ether oxygens (including phenoxy) is 1. The Morgan fingerprint density at radius 2 is 1.86 bits per heavy atom. The Labute approximate surface area is 168 Å². The van der Waals surface area contributed by atoms with E-state index in [1.807, 2.05) is 25.1 Å². The van der Waals surface area contributed by atoms with Crippen LogP contribution in [0.3, 0.4) is 0 Å². The smallest absolute Gasteiger partial charge is 0.230 e. The molecule has 4 nitrogen and oxygen atoms in total. The van der Waals surface area contributed by atoms with E-state index in [1.165, 1.54) is 28.3 Å². The molecule has 2 aromatic rings. The highest BCUT2D eigenvalue weighted by Crippen LogP contribution is 2.20. The highest BCUT2D eigenvalue weighted by molar-refractivity contribution is 8.00. The summed E-state index contributed by atoms with van der Waals surface area (Å²) in [4.78, 5) is 14.4. The summed E-state index contributed by atoms with van der Waals surface area (Å²) in [6, 6.07) is 13.9. The van der Waals surface area contributed by atoms with Crippen LogP contribution in [0.1, 0.15) is 18.5 Å². The van der Waals surface area contributed by atoms with E-state index in [0.29, 0.717) is 18.1 Å². The fourth-order valence-corrected chi connectivity index (χ4v) is 4.31. The Bertz CT molecular complexity index is 785. The Morgan fingerprint density at radius 3 is 2.54 bits per heavy atom. The summed E-state index contributed by atoms with van der Waals surface area (Å²) in [6.07, 6.45) is 0. The van der Waals surface area contributed by atoms with Gasteiger partial charge in [0.2, 0.25) is 5.91 Å². The quantitative estimate of drug-likeness (QED) is 0.692. The zero-order valence-electron chi connectivity index (χ0n) is 15.8. The number of hydrogen-bond donors (Lipinski definition) is 2. The molecule has 1 aliphatic heterocycles. The number of amides is 1. The van der Waals surface area contributed by atoms with Crippen LogP contribution in [-0.2, 0) is 9.53 Å². The van der Waals surface area contributed by atoms with Crippen LogP contribution in [0.4, 0.5) is 8.78 Å². The number of nitrogens with one attached hydrogen (secondary N) is 2. The van der Waals surface area contributed by atoms with Gasteiger partial charge in [-0.25, -0.2) is 8.78 Å². The molecule has 3 rings (SSSR count). The van der Waals surface area contributed by atoms with Crippen LogP contribution in [0, 0.1) is 11.6 Å². The molecule has 7 heteroatoms. The number of hydrogen-bond acceptors (Lipinski definition) is 3. The molecular formula is C21H25F2N2O2S+. The molecule has 0 spiro atoms. The number of quaternary nitrogens is 1. The summed E-state index contributed by atoms with van der Waals surface area (Å²) in [5.74, 6) is -1.77. The summed E-state index contributed by atoms with van der Waals surface area (Å²) in [6.45, 7) is 5.23. The van der Waals surface area contributed by atoms with Gasteiger partial charge in [0.1, 0.15) is 19.1 Å². The predicted octanol–water partition coefficient (Wildman–Crippen LogP) is 2.22. The van der Waals surface area contributed by atoms with Gasteiger partial charge in [-0.15, -0.1) is 11.8 Å². The lowest BCUT2D eigenvalue weighted by atomic mass is 9.98. The number of thioether (sulfide) groups is 1. The second-order valence-corrected chi connectivity index (χ2v) is 7.93. The zero-order chi connectivity index (χ0) is 19.9. The number of benzene rings is 2. The summed E-state index contributed by atoms with van der Waals surface area (Å²) in [7, 11) is 0. The summed E-state index contributed by atoms with van der Waals surface area (Å²) < 4.78 is 31.8. The van der Waals surface area contributed by atoms with Crippen molar-refractivity contribution >= 4 is 17.7 Å². The molecule has 0 saturated carbocycles. The van der Waals surface area contributed by atoms with Crippen molar-refractivity contribution in [3.63, 3.8) is 0 Å². The standard InChI is InChI=1S/C21H24F2N2O2S/c1-15(24-20(26)14-28-17-7-8-18(22)19(23)13-17)21(16-5-3-2-4-6-16)25-9-11-27-12-10-25/h2-8,13,15,21H,9-12,14H2,1H3,(H,24,26)/p+1/t15-,21+/m1/s1. The molecule has 28 heavy (non-hydrogen) atoms. The topological polar surface area (TPSA) is 42.8 Å². The van der Waals surface area contributed by atoms with Gasteiger partial charge in [0.25, 0.3) is 0 Å². The van der Waals surface area contributed by atoms with Crippen molar-refractivity contribution in [3.8, 4) is 0 Å². The van der Waals surface area contributed by atoms with Crippen LogP contribution in [0.25, 0.3) is 0 Å². The average Bonchev–Trinajstić information content (AvgIpc) is 2.71. The van der Waals surface area contributed by atoms with Crippen LogP contribution < -0.4 is 10.2 Å². The number of halogens is 2. The second-order valence-electron chi connectivity index (χ2n) is 6.88. The average molecular weight is 408 g/mol. The first-order valence-corrected chi connectivity index (χ1v) is 10.4. The minimum Gasteiger partial charge on any atom is -0.370 e. The van der Waals surface area contributed by atoms with Crippen molar-refractivity contribution in [2.45, 2.75) is 23.9 Å². The Kier molecular flexibility index (Phi) is 7.42. The van der Waals surface area contributed by atoms with Crippen molar-refractivity contribution in [2.24, 2.45) is 0 Å². The molecule has 2 N–H and O–H groups in total. The minimum atomic E-state index is -0.904. The first kappa shape index (κ1) is 20.8. The molecule has 1 saturated heterocycles. The molecule has 2 atom stereocenters. The normalized spacial score (nSPS) is 17.1. The third-order valence-corrected chi connectivity index (χ3v) is 5.88. The van der Waals surface area contributed by atoms with Gasteiger partial charge in [-0.1, -0.05) is 30.3 Å². The fourth-order valence-electron chi connectivity index (χ4n) is 3.58. The zero-order valence-corrected chi connectivity index (χ0v) is 16.6. The van der Waals surface area contributed by atoms with Gasteiger partial charge in [0, 0.05) is 10.5 Å². The molecule has 2 aromatic carbocycles. The van der Waals surface area contributed by atoms with Gasteiger partial charge >= 0.3 is 0 Å². The lowest BCUT2D eigenvalue weighted by molar-refractivity contribution is -0.940. The molecule has 0 aliphatic carbocycles. The van der Waals surface area contributed by atoms with E-state index < -0.39 is 11.6 Å². The Hall–Kier alpha value is -1.96. The predicted molar refractivity (Wildman–Crippen MR) is 105 cm³/mol. The molecule has 0 aromatic heterocycles. The first-order valence-electron chi connectivity index (χ1n) is 9.39. The Balaban J connectivity index is 1.62. The van der Waals surface area contributed by atoms with Gasteiger partial charge in [-0.2, -0.15) is 0 Å². The highest BCUT2D eigenvalue weighted by atomic mass is 32.2. The van der Waals surface area contributed by atoms with Gasteiger partial charge in [0.05, 0.1) is 25.0 Å². The third kappa shape index (κ3) is 5.53. The maximum absolute atomic E-state index is 13.3. The molecule has 1 fully saturated rings. The molecule has 1 aliphatic rings. The van der Waals surface area contributed by atoms with Crippen molar-refractivity contribution in [2.75, 3.05) is 32.1 Å². The molecule has 150 valence electrons. The maximum Gasteiger partial charge on any atom is 0.230 e. The second kappa shape index (κ2) is 10.0. The number of morpholine rings is 1. The highest BCUT2D eigenvalue weighted by Gasteiger charge is 2.32. The van der Waals surface area contributed by atoms with Crippen molar-refractivity contribution in [1.29, 1.82) is 0 Å². The number of rotatable bonds is 7. The van der Waals surface area contributed by atoms with Crippen molar-refractivity contribution in [1.82, 2.24) is 5.32 Å². The van der Waals surface area contributed by atoms with E-state index in [9.17, 15) is 13.6 Å². The lowest BCUT2D eigenvalue weighted by Gasteiger charge is -2.35. The van der Waals surface area contributed by atoms with Gasteiger partial charge in [-0.05, 0) is 25.1 Å². The molecule has 0 bridgehead atoms. The lowest BCUT2D eigenvalue weighted by Crippen LogP contribution is -3.15. The number of carbonyl (C=O) groups excluding carboxylic acids is 1. The molecule has 0 radical (unpaired) electrons. The van der Waals surface area contributed by atoms with E-state index in [1.54, 1.807) is 0 Å². The summed E-state index contributed by atoms with van der Waals surface area (Å²) in [5.41, 5.74) is 1.18. The fraction of sp³-hybridized carbons (Fsp3) is 0.381. The van der Waals surface area contributed by atoms with Crippen molar-refractivity contribution < 1.29 is 23.2 Å². The minimum absolute atomic E-state index is 0.0754. The molecular weight excluding hydrogens is 382 g/mol. The van der Waals surface area contributed by atoms with E-state index in [4.69, 9.17) is 4.74 Å². The SMILES string of the molecule is C[C@@H](NC(=O)CSc1ccc(F)c(F)c1)[C@@H](c1ccccc1)[NH+]1CCOCC1. The molecule has 0 unspecified atom stereocenters. The monoisotopic (exact) mass is 407 g/mol. The van der Waals surface area contributed by atoms with Crippen LogP contribution in [0.5, 0.6) is 0 Å². The largest absolute Gasteiger partial charge is 0.370 e. The van der Waals surface area contributed by atoms with Gasteiger partial charge in [-0.3, -0.25) is 4.79 Å². The molecule has 1 heterocycles. The van der Waals surface area contributed by atoms with Crippen LogP contribution >= 0.6 is 11.8 Å². The van der Waals surface area contributed by atoms with E-state index in [2.05, 4.69) is 17.4 Å². The maximum atomic E-state index is 13.3. The van der Waals surface area contributed by atoms with E-state index >= 15 is 0 Å². The van der Waals surface area contributed by atoms with Crippen LogP contribution in [0.2, 0.25) is 0 Å². The van der Waals surface area contributed by atoms with Gasteiger partial charge in [0.15, 0.2) is 11.6 Å². The number of carbonyl (C=O) groups is 1. The van der Waals surface area contributed by atoms with Crippen molar-refractivity contribution in [3.05, 3.63) is 65.7 Å². The summed E-state index contributed by atoms with van der Waals surface area (Å²) >= 11 is 1.19. The third-order valence-electron chi connectivity index (χ3n) is 4.88.